The fourth-order valence-corrected chi connectivity index (χ4v) is 7.11. The van der Waals surface area contributed by atoms with Crippen LogP contribution >= 0.6 is 11.3 Å². The summed E-state index contributed by atoms with van der Waals surface area (Å²) in [7, 11) is 3.43. The molecule has 0 spiro atoms. The molecule has 5 rings (SSSR count). The number of carbonyl (C=O) groups is 2. The van der Waals surface area contributed by atoms with Crippen molar-refractivity contribution in [2.24, 2.45) is 5.92 Å². The van der Waals surface area contributed by atoms with Crippen LogP contribution in [0.4, 0.5) is 0 Å². The molecule has 1 aliphatic heterocycles. The lowest BCUT2D eigenvalue weighted by Gasteiger charge is -2.35. The van der Waals surface area contributed by atoms with Crippen molar-refractivity contribution < 1.29 is 19.1 Å². The van der Waals surface area contributed by atoms with Crippen molar-refractivity contribution in [3.63, 3.8) is 0 Å². The molecule has 0 unspecified atom stereocenters. The van der Waals surface area contributed by atoms with E-state index in [1.807, 2.05) is 30.0 Å². The van der Waals surface area contributed by atoms with Crippen molar-refractivity contribution >= 4 is 33.9 Å². The molecule has 220 valence electrons. The third kappa shape index (κ3) is 6.58. The summed E-state index contributed by atoms with van der Waals surface area (Å²) in [5.74, 6) is 0.845. The number of likely N-dealkylation sites (tertiary alicyclic amines) is 1. The molecule has 9 heteroatoms. The fourth-order valence-electron chi connectivity index (χ4n) is 6.15. The van der Waals surface area contributed by atoms with Crippen molar-refractivity contribution in [2.45, 2.75) is 70.0 Å². The van der Waals surface area contributed by atoms with E-state index in [4.69, 9.17) is 14.5 Å². The van der Waals surface area contributed by atoms with Crippen LogP contribution in [-0.4, -0.2) is 67.7 Å². The number of nitrogens with one attached hydrogen (secondary N) is 2. The number of aromatic nitrogens is 1. The lowest BCUT2D eigenvalue weighted by Crippen LogP contribution is -2.55. The van der Waals surface area contributed by atoms with Gasteiger partial charge in [-0.25, -0.2) is 4.98 Å². The highest BCUT2D eigenvalue weighted by molar-refractivity contribution is 7.10. The number of hydrogen-bond donors (Lipinski definition) is 2. The van der Waals surface area contributed by atoms with Crippen LogP contribution in [-0.2, 0) is 14.3 Å². The first-order valence-electron chi connectivity index (χ1n) is 14.9. The number of benzene rings is 2. The molecule has 2 aromatic carbocycles. The lowest BCUT2D eigenvalue weighted by molar-refractivity contribution is -0.139. The van der Waals surface area contributed by atoms with Gasteiger partial charge in [0.05, 0.1) is 29.9 Å². The summed E-state index contributed by atoms with van der Waals surface area (Å²) in [5.41, 5.74) is 1.82. The number of hydrogen-bond acceptors (Lipinski definition) is 7. The Hall–Kier alpha value is -3.01. The van der Waals surface area contributed by atoms with E-state index in [1.54, 1.807) is 25.5 Å². The largest absolute Gasteiger partial charge is 0.490 e. The average Bonchev–Trinajstić information content (AvgIpc) is 3.69. The summed E-state index contributed by atoms with van der Waals surface area (Å²) in [6.45, 7) is 3.45. The van der Waals surface area contributed by atoms with Crippen molar-refractivity contribution in [3.8, 4) is 17.0 Å². The molecule has 3 aromatic rings. The Morgan fingerprint density at radius 3 is 2.66 bits per heavy atom. The predicted octanol–water partition coefficient (Wildman–Crippen LogP) is 5.33. The maximum atomic E-state index is 14.2. The SMILES string of the molecule is CN[C@@H](C)C(=O)N[C@H](C(=O)N1CCC[C@H]1c1nc(-c2c(OCCOC)ccc3ccccc23)cs1)C1CCCCC1. The lowest BCUT2D eigenvalue weighted by atomic mass is 9.83. The number of ether oxygens (including phenoxy) is 2. The zero-order valence-electron chi connectivity index (χ0n) is 24.4. The molecule has 2 aliphatic rings. The van der Waals surface area contributed by atoms with Gasteiger partial charge in [-0.15, -0.1) is 11.3 Å². The van der Waals surface area contributed by atoms with Gasteiger partial charge in [0.2, 0.25) is 11.8 Å². The molecule has 41 heavy (non-hydrogen) atoms. The average molecular weight is 579 g/mol. The highest BCUT2D eigenvalue weighted by atomic mass is 32.1. The molecule has 1 aromatic heterocycles. The topological polar surface area (TPSA) is 92.8 Å². The van der Waals surface area contributed by atoms with Crippen LogP contribution in [0.5, 0.6) is 5.75 Å². The van der Waals surface area contributed by atoms with Gasteiger partial charge in [0, 0.05) is 19.0 Å². The fraction of sp³-hybridized carbons (Fsp3) is 0.531. The van der Waals surface area contributed by atoms with Gasteiger partial charge in [0.15, 0.2) is 0 Å². The first-order chi connectivity index (χ1) is 20.0. The van der Waals surface area contributed by atoms with E-state index in [0.717, 1.165) is 71.3 Å². The summed E-state index contributed by atoms with van der Waals surface area (Å²) in [6.07, 6.45) is 7.12. The summed E-state index contributed by atoms with van der Waals surface area (Å²) >= 11 is 1.60. The highest BCUT2D eigenvalue weighted by Gasteiger charge is 2.40. The van der Waals surface area contributed by atoms with E-state index in [-0.39, 0.29) is 29.8 Å². The molecule has 0 bridgehead atoms. The van der Waals surface area contributed by atoms with E-state index in [2.05, 4.69) is 34.2 Å². The monoisotopic (exact) mass is 578 g/mol. The second-order valence-electron chi connectivity index (χ2n) is 11.2. The van der Waals surface area contributed by atoms with Gasteiger partial charge in [0.1, 0.15) is 23.4 Å². The number of thiazole rings is 1. The van der Waals surface area contributed by atoms with Crippen molar-refractivity contribution in [1.82, 2.24) is 20.5 Å². The number of methoxy groups -OCH3 is 1. The van der Waals surface area contributed by atoms with E-state index in [9.17, 15) is 9.59 Å². The third-order valence-corrected chi connectivity index (χ3v) is 9.49. The zero-order valence-corrected chi connectivity index (χ0v) is 25.2. The number of fused-ring (bicyclic) bond motifs is 1. The van der Waals surface area contributed by atoms with Crippen LogP contribution in [0.25, 0.3) is 22.0 Å². The Balaban J connectivity index is 1.43. The quantitative estimate of drug-likeness (QED) is 0.299. The number of likely N-dealkylation sites (N-methyl/N-ethyl adjacent to an activating group) is 1. The number of rotatable bonds is 11. The van der Waals surface area contributed by atoms with Crippen LogP contribution in [0.1, 0.15) is 62.9 Å². The Bertz CT molecular complexity index is 1340. The van der Waals surface area contributed by atoms with Gasteiger partial charge in [0.25, 0.3) is 0 Å². The summed E-state index contributed by atoms with van der Waals surface area (Å²) in [4.78, 5) is 34.2. The zero-order chi connectivity index (χ0) is 28.8. The number of nitrogens with zero attached hydrogens (tertiary/aromatic N) is 2. The molecule has 2 fully saturated rings. The van der Waals surface area contributed by atoms with E-state index in [0.29, 0.717) is 19.8 Å². The predicted molar refractivity (Wildman–Crippen MR) is 163 cm³/mol. The van der Waals surface area contributed by atoms with Crippen LogP contribution < -0.4 is 15.4 Å². The van der Waals surface area contributed by atoms with Gasteiger partial charge in [-0.3, -0.25) is 9.59 Å². The molecular weight excluding hydrogens is 536 g/mol. The highest BCUT2D eigenvalue weighted by Crippen LogP contribution is 2.41. The van der Waals surface area contributed by atoms with Crippen molar-refractivity contribution in [2.75, 3.05) is 33.9 Å². The molecule has 8 nitrogen and oxygen atoms in total. The van der Waals surface area contributed by atoms with Crippen LogP contribution in [0.15, 0.2) is 41.8 Å². The molecule has 2 heterocycles. The van der Waals surface area contributed by atoms with Gasteiger partial charge < -0.3 is 25.0 Å². The molecule has 0 radical (unpaired) electrons. The van der Waals surface area contributed by atoms with Gasteiger partial charge in [-0.05, 0) is 62.4 Å². The number of amides is 2. The molecule has 2 amide bonds. The van der Waals surface area contributed by atoms with E-state index in [1.165, 1.54) is 6.42 Å². The third-order valence-electron chi connectivity index (χ3n) is 8.55. The van der Waals surface area contributed by atoms with Crippen LogP contribution in [0.3, 0.4) is 0 Å². The molecule has 1 aliphatic carbocycles. The normalized spacial score (nSPS) is 19.3. The standard InChI is InChI=1S/C32H42N4O4S/c1-21(33-2)30(37)35-29(23-11-5-4-6-12-23)32(38)36-17-9-14-26(36)31-34-25(20-41-31)28-24-13-8-7-10-22(24)15-16-27(28)40-19-18-39-3/h7-8,10,13,15-16,20-21,23,26,29,33H,4-6,9,11-12,14,17-19H2,1-3H3,(H,35,37)/t21-,26-,29-/m0/s1. The molecule has 2 N–H and O–H groups in total. The van der Waals surface area contributed by atoms with Gasteiger partial charge in [-0.1, -0.05) is 49.6 Å². The maximum absolute atomic E-state index is 14.2. The molecule has 1 saturated heterocycles. The minimum Gasteiger partial charge on any atom is -0.490 e. The Morgan fingerprint density at radius 2 is 1.88 bits per heavy atom. The van der Waals surface area contributed by atoms with E-state index < -0.39 is 6.04 Å². The molecule has 3 atom stereocenters. The van der Waals surface area contributed by atoms with Gasteiger partial charge in [-0.2, -0.15) is 0 Å². The second kappa shape index (κ2) is 13.8. The van der Waals surface area contributed by atoms with Crippen LogP contribution in [0.2, 0.25) is 0 Å². The molecular formula is C32H42N4O4S. The van der Waals surface area contributed by atoms with Crippen LogP contribution in [0, 0.1) is 5.92 Å². The first kappa shape index (κ1) is 29.5. The second-order valence-corrected chi connectivity index (χ2v) is 12.0. The summed E-state index contributed by atoms with van der Waals surface area (Å²) in [6, 6.07) is 11.4. The van der Waals surface area contributed by atoms with Gasteiger partial charge >= 0.3 is 0 Å². The minimum absolute atomic E-state index is 0.0292. The smallest absolute Gasteiger partial charge is 0.246 e. The van der Waals surface area contributed by atoms with E-state index >= 15 is 0 Å². The minimum atomic E-state index is -0.502. The number of carbonyl (C=O) groups excluding carboxylic acids is 2. The van der Waals surface area contributed by atoms with Crippen molar-refractivity contribution in [1.29, 1.82) is 0 Å². The Morgan fingerprint density at radius 1 is 1.07 bits per heavy atom. The first-order valence-corrected chi connectivity index (χ1v) is 15.8. The maximum Gasteiger partial charge on any atom is 0.246 e. The summed E-state index contributed by atoms with van der Waals surface area (Å²) in [5, 5.41) is 11.3. The Kier molecular flexibility index (Phi) is 9.90. The summed E-state index contributed by atoms with van der Waals surface area (Å²) < 4.78 is 11.3. The Labute approximate surface area is 246 Å². The van der Waals surface area contributed by atoms with Crippen molar-refractivity contribution in [3.05, 3.63) is 46.8 Å². The molecule has 1 saturated carbocycles.